The number of aromatic nitrogens is 2. The Balaban J connectivity index is 1.27. The Morgan fingerprint density at radius 3 is 2.54 bits per heavy atom. The van der Waals surface area contributed by atoms with Gasteiger partial charge in [0.1, 0.15) is 11.7 Å². The minimum absolute atomic E-state index is 0.0378. The number of nitrogens with one attached hydrogen (secondary N) is 4. The highest BCUT2D eigenvalue weighted by Gasteiger charge is 2.09. The fourth-order valence-electron chi connectivity index (χ4n) is 4.71. The lowest BCUT2D eigenvalue weighted by molar-refractivity contribution is 0.0954. The molecular weight excluding hydrogens is 486 g/mol. The molecule has 0 saturated heterocycles. The van der Waals surface area contributed by atoms with E-state index in [2.05, 4.69) is 45.4 Å². The number of H-pyrrole nitrogens is 1. The summed E-state index contributed by atoms with van der Waals surface area (Å²) in [6.45, 7) is 9.15. The number of fused-ring (bicyclic) bond motifs is 1. The first kappa shape index (κ1) is 27.9. The van der Waals surface area contributed by atoms with Crippen LogP contribution in [0.1, 0.15) is 48.2 Å². The van der Waals surface area contributed by atoms with Crippen molar-refractivity contribution in [1.29, 1.82) is 5.41 Å². The molecule has 6 N–H and O–H groups in total. The average Bonchev–Trinajstić information content (AvgIpc) is 3.39. The zero-order chi connectivity index (χ0) is 27.6. The first-order chi connectivity index (χ1) is 19.0. The Morgan fingerprint density at radius 2 is 1.79 bits per heavy atom. The number of amidine groups is 1. The zero-order valence-corrected chi connectivity index (χ0v) is 22.9. The van der Waals surface area contributed by atoms with E-state index in [0.29, 0.717) is 24.1 Å². The normalized spacial score (nSPS) is 11.2. The van der Waals surface area contributed by atoms with Gasteiger partial charge in [0.05, 0.1) is 0 Å². The van der Waals surface area contributed by atoms with Gasteiger partial charge in [0.25, 0.3) is 5.91 Å². The number of hydrogen-bond acceptors (Lipinski definition) is 5. The van der Waals surface area contributed by atoms with Crippen LogP contribution in [0, 0.1) is 5.41 Å². The number of anilines is 1. The largest absolute Gasteiger partial charge is 0.384 e. The number of amides is 1. The number of nitrogen functional groups attached to an aromatic ring is 1. The lowest BCUT2D eigenvalue weighted by atomic mass is 10.0. The van der Waals surface area contributed by atoms with Crippen molar-refractivity contribution in [1.82, 2.24) is 20.2 Å². The Bertz CT molecular complexity index is 1390. The number of aromatic amines is 1. The SMILES string of the molecule is CCN(CC)CCCCNc1cc(-c2ccc(C(=O)NCCc3ccc4[nH]cc(C(=N)N)c4c3)cc2)ccn1. The van der Waals surface area contributed by atoms with Crippen LogP contribution in [-0.4, -0.2) is 59.3 Å². The number of nitrogens with two attached hydrogens (primary N) is 1. The molecule has 4 rings (SSSR count). The van der Waals surface area contributed by atoms with Crippen molar-refractivity contribution < 1.29 is 4.79 Å². The van der Waals surface area contributed by atoms with Crippen molar-refractivity contribution in [3.05, 3.63) is 83.7 Å². The molecule has 0 saturated carbocycles. The Hall–Kier alpha value is -4.17. The Labute approximate surface area is 230 Å². The van der Waals surface area contributed by atoms with Gasteiger partial charge >= 0.3 is 0 Å². The van der Waals surface area contributed by atoms with E-state index in [1.807, 2.05) is 54.7 Å². The second kappa shape index (κ2) is 13.6. The van der Waals surface area contributed by atoms with Gasteiger partial charge in [0, 0.05) is 47.5 Å². The Kier molecular flexibility index (Phi) is 9.69. The number of carbonyl (C=O) groups is 1. The summed E-state index contributed by atoms with van der Waals surface area (Å²) in [5.74, 6) is 0.803. The van der Waals surface area contributed by atoms with Gasteiger partial charge in [-0.25, -0.2) is 4.98 Å². The lowest BCUT2D eigenvalue weighted by Gasteiger charge is -2.17. The van der Waals surface area contributed by atoms with Crippen molar-refractivity contribution in [3.8, 4) is 11.1 Å². The molecule has 8 heteroatoms. The molecule has 0 spiro atoms. The third-order valence-corrected chi connectivity index (χ3v) is 7.08. The van der Waals surface area contributed by atoms with Crippen LogP contribution < -0.4 is 16.4 Å². The number of hydrogen-bond donors (Lipinski definition) is 5. The summed E-state index contributed by atoms with van der Waals surface area (Å²) >= 11 is 0. The van der Waals surface area contributed by atoms with Crippen LogP contribution in [0.25, 0.3) is 22.0 Å². The van der Waals surface area contributed by atoms with Gasteiger partial charge < -0.3 is 26.3 Å². The molecule has 2 aromatic carbocycles. The molecule has 0 radical (unpaired) electrons. The lowest BCUT2D eigenvalue weighted by Crippen LogP contribution is -2.25. The van der Waals surface area contributed by atoms with Crippen LogP contribution in [0.2, 0.25) is 0 Å². The van der Waals surface area contributed by atoms with E-state index in [9.17, 15) is 4.79 Å². The number of benzene rings is 2. The summed E-state index contributed by atoms with van der Waals surface area (Å²) in [6, 6.07) is 17.7. The molecule has 0 aliphatic carbocycles. The van der Waals surface area contributed by atoms with Crippen LogP contribution in [0.3, 0.4) is 0 Å². The Morgan fingerprint density at radius 1 is 1.00 bits per heavy atom. The van der Waals surface area contributed by atoms with Gasteiger partial charge in [-0.15, -0.1) is 0 Å². The minimum Gasteiger partial charge on any atom is -0.384 e. The fourth-order valence-corrected chi connectivity index (χ4v) is 4.71. The second-order valence-electron chi connectivity index (χ2n) is 9.67. The molecule has 0 atom stereocenters. The van der Waals surface area contributed by atoms with Gasteiger partial charge in [0.2, 0.25) is 0 Å². The predicted molar refractivity (Wildman–Crippen MR) is 161 cm³/mol. The quantitative estimate of drug-likeness (QED) is 0.0899. The second-order valence-corrected chi connectivity index (χ2v) is 9.67. The van der Waals surface area contributed by atoms with E-state index >= 15 is 0 Å². The van der Waals surface area contributed by atoms with Gasteiger partial charge in [-0.1, -0.05) is 32.0 Å². The summed E-state index contributed by atoms with van der Waals surface area (Å²) in [4.78, 5) is 22.8. The number of rotatable bonds is 14. The molecule has 1 amide bonds. The van der Waals surface area contributed by atoms with E-state index in [1.54, 1.807) is 6.20 Å². The predicted octanol–water partition coefficient (Wildman–Crippen LogP) is 5.02. The molecule has 8 nitrogen and oxygen atoms in total. The van der Waals surface area contributed by atoms with Gasteiger partial charge in [0.15, 0.2) is 0 Å². The molecule has 2 aromatic heterocycles. The van der Waals surface area contributed by atoms with Crippen LogP contribution in [-0.2, 0) is 6.42 Å². The molecule has 2 heterocycles. The number of nitrogens with zero attached hydrogens (tertiary/aromatic N) is 2. The third kappa shape index (κ3) is 7.45. The monoisotopic (exact) mass is 525 g/mol. The number of unbranched alkanes of at least 4 members (excludes halogenated alkanes) is 1. The first-order valence-corrected chi connectivity index (χ1v) is 13.7. The fraction of sp³-hybridized carbons (Fsp3) is 0.323. The van der Waals surface area contributed by atoms with E-state index in [-0.39, 0.29) is 11.7 Å². The molecule has 0 aliphatic rings. The minimum atomic E-state index is -0.101. The zero-order valence-electron chi connectivity index (χ0n) is 22.9. The summed E-state index contributed by atoms with van der Waals surface area (Å²) < 4.78 is 0. The summed E-state index contributed by atoms with van der Waals surface area (Å²) in [6.07, 6.45) is 6.52. The van der Waals surface area contributed by atoms with Crippen LogP contribution in [0.15, 0.2) is 67.0 Å². The maximum Gasteiger partial charge on any atom is 0.251 e. The molecule has 4 aromatic rings. The van der Waals surface area contributed by atoms with E-state index in [0.717, 1.165) is 66.0 Å². The topological polar surface area (TPSA) is 123 Å². The van der Waals surface area contributed by atoms with Gasteiger partial charge in [-0.2, -0.15) is 0 Å². The standard InChI is InChI=1S/C31H39N7O/c1-3-38(4-2)18-6-5-15-34-29-20-25(14-17-35-29)23-8-10-24(11-9-23)31(39)36-16-13-22-7-12-28-26(19-22)27(21-37-28)30(32)33/h7-12,14,17,19-21,37H,3-6,13,15-16,18H2,1-2H3,(H3,32,33)(H,34,35)(H,36,39). The number of pyridine rings is 1. The van der Waals surface area contributed by atoms with Gasteiger partial charge in [-0.05, 0) is 92.0 Å². The maximum atomic E-state index is 12.7. The maximum absolute atomic E-state index is 12.7. The molecule has 0 fully saturated rings. The average molecular weight is 526 g/mol. The summed E-state index contributed by atoms with van der Waals surface area (Å²) in [7, 11) is 0. The van der Waals surface area contributed by atoms with E-state index in [4.69, 9.17) is 11.1 Å². The first-order valence-electron chi connectivity index (χ1n) is 13.7. The van der Waals surface area contributed by atoms with Crippen molar-refractivity contribution in [2.45, 2.75) is 33.1 Å². The highest BCUT2D eigenvalue weighted by Crippen LogP contribution is 2.22. The van der Waals surface area contributed by atoms with E-state index < -0.39 is 0 Å². The molecule has 204 valence electrons. The third-order valence-electron chi connectivity index (χ3n) is 7.08. The van der Waals surface area contributed by atoms with E-state index in [1.165, 1.54) is 6.42 Å². The molecular formula is C31H39N7O. The molecule has 39 heavy (non-hydrogen) atoms. The molecule has 0 unspecified atom stereocenters. The summed E-state index contributed by atoms with van der Waals surface area (Å²) in [5.41, 5.74) is 11.1. The van der Waals surface area contributed by atoms with Crippen LogP contribution in [0.4, 0.5) is 5.82 Å². The van der Waals surface area contributed by atoms with Crippen LogP contribution >= 0.6 is 0 Å². The highest BCUT2D eigenvalue weighted by molar-refractivity contribution is 6.07. The van der Waals surface area contributed by atoms with Gasteiger partial charge in [-0.3, -0.25) is 10.2 Å². The van der Waals surface area contributed by atoms with Crippen molar-refractivity contribution in [3.63, 3.8) is 0 Å². The van der Waals surface area contributed by atoms with Crippen molar-refractivity contribution in [2.24, 2.45) is 5.73 Å². The van der Waals surface area contributed by atoms with Crippen molar-refractivity contribution >= 4 is 28.5 Å². The molecule has 0 aliphatic heterocycles. The van der Waals surface area contributed by atoms with Crippen molar-refractivity contribution in [2.75, 3.05) is 38.0 Å². The summed E-state index contributed by atoms with van der Waals surface area (Å²) in [5, 5.41) is 15.1. The molecule has 0 bridgehead atoms. The highest BCUT2D eigenvalue weighted by atomic mass is 16.1. The number of carbonyl (C=O) groups excluding carboxylic acids is 1. The smallest absolute Gasteiger partial charge is 0.251 e. The van der Waals surface area contributed by atoms with Crippen LogP contribution in [0.5, 0.6) is 0 Å².